The van der Waals surface area contributed by atoms with Crippen LogP contribution in [-0.2, 0) is 4.79 Å². The summed E-state index contributed by atoms with van der Waals surface area (Å²) in [6.07, 6.45) is -1.93. The first-order valence-corrected chi connectivity index (χ1v) is 7.25. The molecule has 1 saturated heterocycles. The molecule has 1 saturated carbocycles. The number of anilines is 1. The molecule has 1 atom stereocenters. The fourth-order valence-electron chi connectivity index (χ4n) is 3.20. The van der Waals surface area contributed by atoms with Crippen molar-refractivity contribution in [2.45, 2.75) is 25.6 Å². The molecule has 0 radical (unpaired) electrons. The van der Waals surface area contributed by atoms with Crippen LogP contribution in [0.1, 0.15) is 19.3 Å². The van der Waals surface area contributed by atoms with Gasteiger partial charge in [-0.25, -0.2) is 0 Å². The van der Waals surface area contributed by atoms with Crippen molar-refractivity contribution in [3.63, 3.8) is 0 Å². The van der Waals surface area contributed by atoms with Crippen molar-refractivity contribution >= 4 is 11.6 Å². The number of carbonyl (C=O) groups excluding carboxylic acids is 1. The van der Waals surface area contributed by atoms with Crippen molar-refractivity contribution in [3.05, 3.63) is 24.3 Å². The Hall–Kier alpha value is -1.76. The largest absolute Gasteiger partial charge is 0.573 e. The van der Waals surface area contributed by atoms with E-state index < -0.39 is 6.36 Å². The molecule has 0 bridgehead atoms. The summed E-state index contributed by atoms with van der Waals surface area (Å²) in [5.41, 5.74) is 0.415. The number of rotatable bonds is 3. The third-order valence-corrected chi connectivity index (χ3v) is 4.44. The number of benzene rings is 1. The van der Waals surface area contributed by atoms with E-state index in [4.69, 9.17) is 0 Å². The zero-order chi connectivity index (χ0) is 15.8. The fourth-order valence-corrected chi connectivity index (χ4v) is 3.20. The first-order chi connectivity index (χ1) is 10.4. The SMILES string of the molecule is O=C(Nc1cccc(OC(F)(F)F)c1)C1CC12CCNCC2. The van der Waals surface area contributed by atoms with Gasteiger partial charge < -0.3 is 15.4 Å². The Morgan fingerprint density at radius 2 is 2.05 bits per heavy atom. The lowest BCUT2D eigenvalue weighted by molar-refractivity contribution is -0.274. The van der Waals surface area contributed by atoms with Crippen LogP contribution in [-0.4, -0.2) is 25.4 Å². The predicted octanol–water partition coefficient (Wildman–Crippen LogP) is 2.91. The minimum Gasteiger partial charge on any atom is -0.406 e. The molecule has 2 aliphatic rings. The third-order valence-electron chi connectivity index (χ3n) is 4.44. The summed E-state index contributed by atoms with van der Waals surface area (Å²) in [5, 5.41) is 5.96. The Kier molecular flexibility index (Phi) is 3.76. The van der Waals surface area contributed by atoms with Crippen LogP contribution in [0.4, 0.5) is 18.9 Å². The lowest BCUT2D eigenvalue weighted by atomic mass is 9.92. The minimum atomic E-state index is -4.74. The number of ether oxygens (including phenoxy) is 1. The number of halogens is 3. The second kappa shape index (κ2) is 5.46. The van der Waals surface area contributed by atoms with Crippen LogP contribution in [0.5, 0.6) is 5.75 Å². The summed E-state index contributed by atoms with van der Waals surface area (Å²) in [4.78, 5) is 12.3. The number of hydrogen-bond donors (Lipinski definition) is 2. The molecule has 3 rings (SSSR count). The smallest absolute Gasteiger partial charge is 0.406 e. The van der Waals surface area contributed by atoms with E-state index in [2.05, 4.69) is 15.4 Å². The van der Waals surface area contributed by atoms with Gasteiger partial charge in [0, 0.05) is 17.7 Å². The van der Waals surface area contributed by atoms with Gasteiger partial charge in [0.05, 0.1) is 0 Å². The second-order valence-corrected chi connectivity index (χ2v) is 5.93. The Bertz CT molecular complexity index is 568. The summed E-state index contributed by atoms with van der Waals surface area (Å²) in [5.74, 6) is -0.495. The van der Waals surface area contributed by atoms with Crippen LogP contribution in [0.3, 0.4) is 0 Å². The quantitative estimate of drug-likeness (QED) is 0.902. The highest BCUT2D eigenvalue weighted by atomic mass is 19.4. The zero-order valence-electron chi connectivity index (χ0n) is 11.9. The summed E-state index contributed by atoms with van der Waals surface area (Å²) in [7, 11) is 0. The molecule has 1 unspecified atom stereocenters. The Morgan fingerprint density at radius 1 is 1.32 bits per heavy atom. The maximum Gasteiger partial charge on any atom is 0.573 e. The van der Waals surface area contributed by atoms with Crippen LogP contribution in [0.2, 0.25) is 0 Å². The van der Waals surface area contributed by atoms with Crippen LogP contribution >= 0.6 is 0 Å². The molecule has 1 aromatic rings. The van der Waals surface area contributed by atoms with Gasteiger partial charge >= 0.3 is 6.36 Å². The highest BCUT2D eigenvalue weighted by Gasteiger charge is 2.57. The number of piperidine rings is 1. The molecule has 2 fully saturated rings. The molecule has 1 spiro atoms. The number of amides is 1. The molecule has 1 amide bonds. The van der Waals surface area contributed by atoms with Gasteiger partial charge in [-0.1, -0.05) is 6.07 Å². The molecule has 1 aliphatic heterocycles. The zero-order valence-corrected chi connectivity index (χ0v) is 11.9. The first-order valence-electron chi connectivity index (χ1n) is 7.25. The normalized spacial score (nSPS) is 23.1. The Balaban J connectivity index is 1.61. The molecule has 1 heterocycles. The molecule has 22 heavy (non-hydrogen) atoms. The van der Waals surface area contributed by atoms with Crippen LogP contribution < -0.4 is 15.4 Å². The van der Waals surface area contributed by atoms with Crippen LogP contribution in [0.25, 0.3) is 0 Å². The van der Waals surface area contributed by atoms with E-state index in [0.717, 1.165) is 32.4 Å². The number of nitrogens with one attached hydrogen (secondary N) is 2. The minimum absolute atomic E-state index is 0.0400. The maximum absolute atomic E-state index is 12.3. The van der Waals surface area contributed by atoms with Gasteiger partial charge in [0.25, 0.3) is 0 Å². The molecule has 120 valence electrons. The van der Waals surface area contributed by atoms with E-state index in [1.807, 2.05) is 0 Å². The van der Waals surface area contributed by atoms with E-state index >= 15 is 0 Å². The molecule has 4 nitrogen and oxygen atoms in total. The average molecular weight is 314 g/mol. The highest BCUT2D eigenvalue weighted by molar-refractivity contribution is 5.95. The Morgan fingerprint density at radius 3 is 2.73 bits per heavy atom. The molecule has 0 aromatic heterocycles. The summed E-state index contributed by atoms with van der Waals surface area (Å²) >= 11 is 0. The van der Waals surface area contributed by atoms with E-state index in [1.54, 1.807) is 6.07 Å². The molecule has 1 aliphatic carbocycles. The van der Waals surface area contributed by atoms with Gasteiger partial charge in [0.1, 0.15) is 5.75 Å². The maximum atomic E-state index is 12.3. The number of alkyl halides is 3. The first kappa shape index (κ1) is 15.1. The fraction of sp³-hybridized carbons (Fsp3) is 0.533. The van der Waals surface area contributed by atoms with Gasteiger partial charge in [0.2, 0.25) is 5.91 Å². The van der Waals surface area contributed by atoms with Gasteiger partial charge in [-0.3, -0.25) is 4.79 Å². The third kappa shape index (κ3) is 3.35. The van der Waals surface area contributed by atoms with Gasteiger partial charge in [-0.2, -0.15) is 0 Å². The lowest BCUT2D eigenvalue weighted by Gasteiger charge is -2.23. The van der Waals surface area contributed by atoms with Gasteiger partial charge in [-0.05, 0) is 49.9 Å². The van der Waals surface area contributed by atoms with Crippen molar-refractivity contribution in [3.8, 4) is 5.75 Å². The van der Waals surface area contributed by atoms with Crippen LogP contribution in [0.15, 0.2) is 24.3 Å². The Labute approximate surface area is 126 Å². The van der Waals surface area contributed by atoms with Crippen molar-refractivity contribution in [2.24, 2.45) is 11.3 Å². The summed E-state index contributed by atoms with van der Waals surface area (Å²) in [6, 6.07) is 5.36. The van der Waals surface area contributed by atoms with Crippen molar-refractivity contribution < 1.29 is 22.7 Å². The van der Waals surface area contributed by atoms with Crippen molar-refractivity contribution in [2.75, 3.05) is 18.4 Å². The van der Waals surface area contributed by atoms with Crippen molar-refractivity contribution in [1.29, 1.82) is 0 Å². The summed E-state index contributed by atoms with van der Waals surface area (Å²) in [6.45, 7) is 1.83. The van der Waals surface area contributed by atoms with Gasteiger partial charge in [-0.15, -0.1) is 13.2 Å². The van der Waals surface area contributed by atoms with Crippen LogP contribution in [0, 0.1) is 11.3 Å². The average Bonchev–Trinajstić information content (AvgIpc) is 3.11. The number of hydrogen-bond acceptors (Lipinski definition) is 3. The monoisotopic (exact) mass is 314 g/mol. The topological polar surface area (TPSA) is 50.4 Å². The number of carbonyl (C=O) groups is 1. The van der Waals surface area contributed by atoms with E-state index in [1.165, 1.54) is 18.2 Å². The standard InChI is InChI=1S/C15H17F3N2O2/c16-15(17,18)22-11-3-1-2-10(8-11)20-13(21)12-9-14(12)4-6-19-7-5-14/h1-3,8,12,19H,4-7,9H2,(H,20,21). The molecular weight excluding hydrogens is 297 g/mol. The predicted molar refractivity (Wildman–Crippen MR) is 74.4 cm³/mol. The molecular formula is C15H17F3N2O2. The van der Waals surface area contributed by atoms with Gasteiger partial charge in [0.15, 0.2) is 0 Å². The highest BCUT2D eigenvalue weighted by Crippen LogP contribution is 2.58. The molecule has 7 heteroatoms. The molecule has 1 aromatic carbocycles. The lowest BCUT2D eigenvalue weighted by Crippen LogP contribution is -2.31. The second-order valence-electron chi connectivity index (χ2n) is 5.93. The van der Waals surface area contributed by atoms with E-state index in [9.17, 15) is 18.0 Å². The van der Waals surface area contributed by atoms with E-state index in [-0.39, 0.29) is 23.0 Å². The summed E-state index contributed by atoms with van der Waals surface area (Å²) < 4.78 is 40.4. The molecule has 2 N–H and O–H groups in total. The van der Waals surface area contributed by atoms with E-state index in [0.29, 0.717) is 5.69 Å². The van der Waals surface area contributed by atoms with Crippen molar-refractivity contribution in [1.82, 2.24) is 5.32 Å².